The molecule has 0 aromatic heterocycles. The van der Waals surface area contributed by atoms with Crippen LogP contribution in [-0.4, -0.2) is 24.9 Å². The van der Waals surface area contributed by atoms with Crippen LogP contribution in [0.3, 0.4) is 0 Å². The van der Waals surface area contributed by atoms with Crippen LogP contribution in [0.5, 0.6) is 11.5 Å². The maximum Gasteiger partial charge on any atom is 0.161 e. The van der Waals surface area contributed by atoms with E-state index < -0.39 is 0 Å². The van der Waals surface area contributed by atoms with Crippen LogP contribution in [0, 0.1) is 0 Å². The van der Waals surface area contributed by atoms with E-state index in [0.717, 1.165) is 29.9 Å². The van der Waals surface area contributed by atoms with Crippen LogP contribution in [0.2, 0.25) is 0 Å². The highest BCUT2D eigenvalue weighted by Gasteiger charge is 2.48. The number of methoxy groups -OCH3 is 1. The average molecular weight is 236 g/mol. The highest BCUT2D eigenvalue weighted by Crippen LogP contribution is 2.52. The van der Waals surface area contributed by atoms with E-state index in [4.69, 9.17) is 9.47 Å². The molecule has 1 aliphatic rings. The summed E-state index contributed by atoms with van der Waals surface area (Å²) in [4.78, 5) is 0. The molecule has 3 heteroatoms. The molecule has 0 amide bonds. The lowest BCUT2D eigenvalue weighted by Crippen LogP contribution is -2.22. The normalized spacial score (nSPS) is 18.6. The van der Waals surface area contributed by atoms with Crippen molar-refractivity contribution in [2.24, 2.45) is 0 Å². The van der Waals surface area contributed by atoms with Crippen molar-refractivity contribution < 1.29 is 14.6 Å². The smallest absolute Gasteiger partial charge is 0.161 e. The summed E-state index contributed by atoms with van der Waals surface area (Å²) in [7, 11) is 1.64. The molecule has 0 bridgehead atoms. The van der Waals surface area contributed by atoms with Crippen LogP contribution >= 0.6 is 0 Å². The van der Waals surface area contributed by atoms with Crippen molar-refractivity contribution in [3.63, 3.8) is 0 Å². The molecule has 0 spiro atoms. The van der Waals surface area contributed by atoms with Gasteiger partial charge >= 0.3 is 0 Å². The van der Waals surface area contributed by atoms with Crippen molar-refractivity contribution in [3.05, 3.63) is 23.8 Å². The molecule has 1 N–H and O–H groups in total. The quantitative estimate of drug-likeness (QED) is 0.853. The standard InChI is InChI=1S/C14H20O3/c1-4-17-13-9-11(5-6-12(13)16-3)14(7-8-14)10(2)15/h5-6,9-10,15H,4,7-8H2,1-3H3. The molecule has 1 aromatic rings. The first-order chi connectivity index (χ1) is 8.14. The van der Waals surface area contributed by atoms with Gasteiger partial charge in [0.25, 0.3) is 0 Å². The molecule has 94 valence electrons. The zero-order chi connectivity index (χ0) is 12.5. The third-order valence-electron chi connectivity index (χ3n) is 3.63. The van der Waals surface area contributed by atoms with Crippen molar-refractivity contribution in [2.75, 3.05) is 13.7 Å². The Labute approximate surface area is 102 Å². The molecule has 3 nitrogen and oxygen atoms in total. The van der Waals surface area contributed by atoms with Gasteiger partial charge in [-0.15, -0.1) is 0 Å². The van der Waals surface area contributed by atoms with Gasteiger partial charge in [0.15, 0.2) is 11.5 Å². The van der Waals surface area contributed by atoms with Gasteiger partial charge in [-0.3, -0.25) is 0 Å². The number of hydrogen-bond donors (Lipinski definition) is 1. The molecule has 1 unspecified atom stereocenters. The minimum absolute atomic E-state index is 0.0574. The summed E-state index contributed by atoms with van der Waals surface area (Å²) in [6, 6.07) is 5.95. The van der Waals surface area contributed by atoms with Gasteiger partial charge in [-0.05, 0) is 44.4 Å². The maximum atomic E-state index is 9.87. The zero-order valence-corrected chi connectivity index (χ0v) is 10.7. The molecule has 0 saturated heterocycles. The van der Waals surface area contributed by atoms with Crippen LogP contribution in [0.4, 0.5) is 0 Å². The number of ether oxygens (including phenoxy) is 2. The summed E-state index contributed by atoms with van der Waals surface area (Å²) in [5.41, 5.74) is 1.09. The molecule has 1 aromatic carbocycles. The Morgan fingerprint density at radius 2 is 2.06 bits per heavy atom. The molecule has 1 saturated carbocycles. The first-order valence-electron chi connectivity index (χ1n) is 6.13. The van der Waals surface area contributed by atoms with E-state index in [0.29, 0.717) is 6.61 Å². The highest BCUT2D eigenvalue weighted by molar-refractivity contribution is 5.47. The SMILES string of the molecule is CCOc1cc(C2(C(C)O)CC2)ccc1OC. The summed E-state index contributed by atoms with van der Waals surface area (Å²) in [6.07, 6.45) is 1.77. The fraction of sp³-hybridized carbons (Fsp3) is 0.571. The molecular formula is C14H20O3. The van der Waals surface area contributed by atoms with E-state index in [2.05, 4.69) is 0 Å². The van der Waals surface area contributed by atoms with Gasteiger partial charge in [0.1, 0.15) is 0 Å². The van der Waals surface area contributed by atoms with E-state index in [1.165, 1.54) is 0 Å². The van der Waals surface area contributed by atoms with Gasteiger partial charge in [0.2, 0.25) is 0 Å². The molecule has 1 aliphatic carbocycles. The van der Waals surface area contributed by atoms with Crippen LogP contribution in [-0.2, 0) is 5.41 Å². The summed E-state index contributed by atoms with van der Waals surface area (Å²) >= 11 is 0. The second-order valence-corrected chi connectivity index (χ2v) is 4.63. The van der Waals surface area contributed by atoms with Crippen molar-refractivity contribution in [3.8, 4) is 11.5 Å². The van der Waals surface area contributed by atoms with Gasteiger partial charge in [0.05, 0.1) is 19.8 Å². The predicted molar refractivity (Wildman–Crippen MR) is 66.8 cm³/mol. The summed E-state index contributed by atoms with van der Waals surface area (Å²) in [6.45, 7) is 4.42. The van der Waals surface area contributed by atoms with Crippen molar-refractivity contribution in [2.45, 2.75) is 38.2 Å². The maximum absolute atomic E-state index is 9.87. The lowest BCUT2D eigenvalue weighted by molar-refractivity contribution is 0.150. The van der Waals surface area contributed by atoms with Gasteiger partial charge in [-0.2, -0.15) is 0 Å². The Kier molecular flexibility index (Phi) is 3.29. The van der Waals surface area contributed by atoms with Crippen molar-refractivity contribution in [1.29, 1.82) is 0 Å². The number of aliphatic hydroxyl groups excluding tert-OH is 1. The molecule has 17 heavy (non-hydrogen) atoms. The number of hydrogen-bond acceptors (Lipinski definition) is 3. The molecule has 1 fully saturated rings. The fourth-order valence-electron chi connectivity index (χ4n) is 2.34. The Hall–Kier alpha value is -1.22. The third-order valence-corrected chi connectivity index (χ3v) is 3.63. The van der Waals surface area contributed by atoms with E-state index in [1.807, 2.05) is 32.0 Å². The molecule has 2 rings (SSSR count). The topological polar surface area (TPSA) is 38.7 Å². The van der Waals surface area contributed by atoms with Crippen LogP contribution < -0.4 is 9.47 Å². The van der Waals surface area contributed by atoms with E-state index in [1.54, 1.807) is 7.11 Å². The number of benzene rings is 1. The molecular weight excluding hydrogens is 216 g/mol. The highest BCUT2D eigenvalue weighted by atomic mass is 16.5. The largest absolute Gasteiger partial charge is 0.493 e. The van der Waals surface area contributed by atoms with Crippen molar-refractivity contribution >= 4 is 0 Å². The Morgan fingerprint density at radius 3 is 2.53 bits per heavy atom. The second-order valence-electron chi connectivity index (χ2n) is 4.63. The van der Waals surface area contributed by atoms with Gasteiger partial charge < -0.3 is 14.6 Å². The van der Waals surface area contributed by atoms with Crippen LogP contribution in [0.1, 0.15) is 32.3 Å². The monoisotopic (exact) mass is 236 g/mol. The third kappa shape index (κ3) is 2.12. The van der Waals surface area contributed by atoms with Gasteiger partial charge in [-0.25, -0.2) is 0 Å². The first-order valence-corrected chi connectivity index (χ1v) is 6.13. The Morgan fingerprint density at radius 1 is 1.35 bits per heavy atom. The molecule has 0 radical (unpaired) electrons. The number of aliphatic hydroxyl groups is 1. The molecule has 0 aliphatic heterocycles. The Bertz CT molecular complexity index is 394. The lowest BCUT2D eigenvalue weighted by atomic mass is 9.90. The summed E-state index contributed by atoms with van der Waals surface area (Å²) in [5, 5.41) is 9.87. The molecule has 1 atom stereocenters. The van der Waals surface area contributed by atoms with Crippen LogP contribution in [0.25, 0.3) is 0 Å². The first kappa shape index (κ1) is 12.2. The minimum Gasteiger partial charge on any atom is -0.493 e. The lowest BCUT2D eigenvalue weighted by Gasteiger charge is -2.20. The number of rotatable bonds is 5. The second kappa shape index (κ2) is 4.57. The van der Waals surface area contributed by atoms with E-state index in [9.17, 15) is 5.11 Å². The van der Waals surface area contributed by atoms with Gasteiger partial charge in [0, 0.05) is 5.41 Å². The molecule has 0 heterocycles. The Balaban J connectivity index is 2.34. The average Bonchev–Trinajstić information content (AvgIpc) is 3.10. The van der Waals surface area contributed by atoms with E-state index >= 15 is 0 Å². The fourth-order valence-corrected chi connectivity index (χ4v) is 2.34. The minimum atomic E-state index is -0.314. The zero-order valence-electron chi connectivity index (χ0n) is 10.7. The van der Waals surface area contributed by atoms with E-state index in [-0.39, 0.29) is 11.5 Å². The summed E-state index contributed by atoms with van der Waals surface area (Å²) in [5.74, 6) is 1.51. The van der Waals surface area contributed by atoms with Gasteiger partial charge in [-0.1, -0.05) is 6.07 Å². The predicted octanol–water partition coefficient (Wildman–Crippen LogP) is 2.51. The van der Waals surface area contributed by atoms with Crippen molar-refractivity contribution in [1.82, 2.24) is 0 Å². The summed E-state index contributed by atoms with van der Waals surface area (Å²) < 4.78 is 10.8. The van der Waals surface area contributed by atoms with Crippen LogP contribution in [0.15, 0.2) is 18.2 Å².